The Bertz CT molecular complexity index is 701. The Labute approximate surface area is 136 Å². The van der Waals surface area contributed by atoms with Crippen LogP contribution in [0.1, 0.15) is 41.3 Å². The molecule has 5 nitrogen and oxygen atoms in total. The molecule has 0 radical (unpaired) electrons. The highest BCUT2D eigenvalue weighted by molar-refractivity contribution is 9.10. The molecule has 0 saturated carbocycles. The van der Waals surface area contributed by atoms with Crippen molar-refractivity contribution < 1.29 is 9.18 Å². The standard InChI is InChI=1S/C15H16BrFN4O/c16-12-6-5-10(17)8-11(12)15(22)18-9-14-20-19-13-4-2-1-3-7-21(13)14/h5-6,8H,1-4,7,9H2,(H,18,22). The number of amides is 1. The van der Waals surface area contributed by atoms with Crippen LogP contribution in [0.15, 0.2) is 22.7 Å². The molecule has 1 aliphatic rings. The maximum atomic E-state index is 13.3. The van der Waals surface area contributed by atoms with Crippen LogP contribution in [0.3, 0.4) is 0 Å². The number of nitrogens with one attached hydrogen (secondary N) is 1. The van der Waals surface area contributed by atoms with Gasteiger partial charge in [-0.05, 0) is 47.0 Å². The Morgan fingerprint density at radius 2 is 2.18 bits per heavy atom. The number of aromatic nitrogens is 3. The van der Waals surface area contributed by atoms with Gasteiger partial charge in [-0.3, -0.25) is 4.79 Å². The average Bonchev–Trinajstić information content (AvgIpc) is 2.74. The summed E-state index contributed by atoms with van der Waals surface area (Å²) in [4.78, 5) is 12.2. The number of carbonyl (C=O) groups is 1. The third-order valence-corrected chi connectivity index (χ3v) is 4.46. The molecular weight excluding hydrogens is 351 g/mol. The number of rotatable bonds is 3. The summed E-state index contributed by atoms with van der Waals surface area (Å²) in [6.45, 7) is 1.17. The van der Waals surface area contributed by atoms with Gasteiger partial charge in [-0.1, -0.05) is 6.42 Å². The van der Waals surface area contributed by atoms with Crippen LogP contribution in [0.5, 0.6) is 0 Å². The highest BCUT2D eigenvalue weighted by atomic mass is 79.9. The Kier molecular flexibility index (Phi) is 4.52. The first-order chi connectivity index (χ1) is 10.6. The number of hydrogen-bond acceptors (Lipinski definition) is 3. The second-order valence-corrected chi connectivity index (χ2v) is 6.16. The van der Waals surface area contributed by atoms with Crippen molar-refractivity contribution in [1.29, 1.82) is 0 Å². The van der Waals surface area contributed by atoms with E-state index in [9.17, 15) is 9.18 Å². The largest absolute Gasteiger partial charge is 0.345 e. The van der Waals surface area contributed by atoms with Gasteiger partial charge < -0.3 is 9.88 Å². The van der Waals surface area contributed by atoms with E-state index >= 15 is 0 Å². The fourth-order valence-corrected chi connectivity index (χ4v) is 3.03. The van der Waals surface area contributed by atoms with Crippen LogP contribution >= 0.6 is 15.9 Å². The molecular formula is C15H16BrFN4O. The predicted octanol–water partition coefficient (Wildman–Crippen LogP) is 2.84. The van der Waals surface area contributed by atoms with Crippen molar-refractivity contribution in [2.75, 3.05) is 0 Å². The Morgan fingerprint density at radius 1 is 1.32 bits per heavy atom. The molecule has 1 N–H and O–H groups in total. The van der Waals surface area contributed by atoms with Gasteiger partial charge in [0, 0.05) is 17.4 Å². The highest BCUT2D eigenvalue weighted by Gasteiger charge is 2.16. The fraction of sp³-hybridized carbons (Fsp3) is 0.400. The monoisotopic (exact) mass is 366 g/mol. The summed E-state index contributed by atoms with van der Waals surface area (Å²) >= 11 is 3.26. The van der Waals surface area contributed by atoms with Crippen LogP contribution < -0.4 is 5.32 Å². The molecule has 1 aliphatic heterocycles. The van der Waals surface area contributed by atoms with Gasteiger partial charge in [0.1, 0.15) is 11.6 Å². The molecule has 7 heteroatoms. The zero-order valence-corrected chi connectivity index (χ0v) is 13.6. The van der Waals surface area contributed by atoms with Gasteiger partial charge in [-0.2, -0.15) is 0 Å². The number of carbonyl (C=O) groups excluding carboxylic acids is 1. The van der Waals surface area contributed by atoms with E-state index < -0.39 is 5.82 Å². The molecule has 0 fully saturated rings. The van der Waals surface area contributed by atoms with Gasteiger partial charge in [-0.15, -0.1) is 10.2 Å². The normalized spacial score (nSPS) is 14.3. The van der Waals surface area contributed by atoms with Crippen LogP contribution in [0.2, 0.25) is 0 Å². The Morgan fingerprint density at radius 3 is 3.05 bits per heavy atom. The molecule has 1 aromatic heterocycles. The van der Waals surface area contributed by atoms with Crippen molar-refractivity contribution in [3.8, 4) is 0 Å². The molecule has 2 aromatic rings. The van der Waals surface area contributed by atoms with E-state index in [0.29, 0.717) is 4.47 Å². The lowest BCUT2D eigenvalue weighted by Crippen LogP contribution is -2.25. The van der Waals surface area contributed by atoms with Crippen molar-refractivity contribution in [1.82, 2.24) is 20.1 Å². The highest BCUT2D eigenvalue weighted by Crippen LogP contribution is 2.18. The maximum Gasteiger partial charge on any atom is 0.252 e. The van der Waals surface area contributed by atoms with E-state index in [0.717, 1.165) is 37.5 Å². The molecule has 22 heavy (non-hydrogen) atoms. The zero-order chi connectivity index (χ0) is 15.5. The minimum Gasteiger partial charge on any atom is -0.345 e. The molecule has 2 heterocycles. The van der Waals surface area contributed by atoms with E-state index in [-0.39, 0.29) is 18.0 Å². The molecule has 0 atom stereocenters. The van der Waals surface area contributed by atoms with E-state index in [1.165, 1.54) is 24.6 Å². The minimum absolute atomic E-state index is 0.274. The topological polar surface area (TPSA) is 59.8 Å². The second-order valence-electron chi connectivity index (χ2n) is 5.30. The number of fused-ring (bicyclic) bond motifs is 1. The first-order valence-corrected chi connectivity index (χ1v) is 8.08. The summed E-state index contributed by atoms with van der Waals surface area (Å²) in [7, 11) is 0. The van der Waals surface area contributed by atoms with Crippen LogP contribution in [-0.2, 0) is 19.5 Å². The van der Waals surface area contributed by atoms with Crippen molar-refractivity contribution in [2.24, 2.45) is 0 Å². The van der Waals surface area contributed by atoms with Crippen LogP contribution in [0, 0.1) is 5.82 Å². The molecule has 1 amide bonds. The van der Waals surface area contributed by atoms with Gasteiger partial charge in [0.05, 0.1) is 12.1 Å². The second kappa shape index (κ2) is 6.56. The van der Waals surface area contributed by atoms with Gasteiger partial charge in [-0.25, -0.2) is 4.39 Å². The third-order valence-electron chi connectivity index (χ3n) is 3.77. The van der Waals surface area contributed by atoms with Gasteiger partial charge in [0.2, 0.25) is 0 Å². The lowest BCUT2D eigenvalue weighted by molar-refractivity contribution is 0.0948. The average molecular weight is 367 g/mol. The summed E-state index contributed by atoms with van der Waals surface area (Å²) in [6, 6.07) is 4.04. The van der Waals surface area contributed by atoms with Crippen molar-refractivity contribution >= 4 is 21.8 Å². The first kappa shape index (κ1) is 15.1. The Balaban J connectivity index is 1.71. The van der Waals surface area contributed by atoms with Gasteiger partial charge in [0.25, 0.3) is 5.91 Å². The Hall–Kier alpha value is -1.76. The number of nitrogens with zero attached hydrogens (tertiary/aromatic N) is 3. The zero-order valence-electron chi connectivity index (χ0n) is 12.0. The van der Waals surface area contributed by atoms with E-state index in [4.69, 9.17) is 0 Å². The minimum atomic E-state index is -0.440. The summed E-state index contributed by atoms with van der Waals surface area (Å²) < 4.78 is 15.9. The smallest absolute Gasteiger partial charge is 0.252 e. The van der Waals surface area contributed by atoms with E-state index in [1.807, 2.05) is 0 Å². The van der Waals surface area contributed by atoms with Crippen molar-refractivity contribution in [3.63, 3.8) is 0 Å². The lowest BCUT2D eigenvalue weighted by atomic mass is 10.2. The number of hydrogen-bond donors (Lipinski definition) is 1. The molecule has 0 saturated heterocycles. The maximum absolute atomic E-state index is 13.3. The SMILES string of the molecule is O=C(NCc1nnc2n1CCCCC2)c1cc(F)ccc1Br. The molecule has 0 bridgehead atoms. The van der Waals surface area contributed by atoms with Crippen molar-refractivity contribution in [2.45, 2.75) is 38.8 Å². The molecule has 0 unspecified atom stereocenters. The number of halogens is 2. The van der Waals surface area contributed by atoms with Crippen LogP contribution in [0.4, 0.5) is 4.39 Å². The summed E-state index contributed by atoms with van der Waals surface area (Å²) in [6.07, 6.45) is 4.34. The molecule has 1 aromatic carbocycles. The first-order valence-electron chi connectivity index (χ1n) is 7.29. The molecule has 3 rings (SSSR count). The lowest BCUT2D eigenvalue weighted by Gasteiger charge is -2.09. The summed E-state index contributed by atoms with van der Waals surface area (Å²) in [5.74, 6) is 0.952. The van der Waals surface area contributed by atoms with Crippen LogP contribution in [-0.4, -0.2) is 20.7 Å². The number of benzene rings is 1. The summed E-state index contributed by atoms with van der Waals surface area (Å²) in [5.41, 5.74) is 0.274. The molecule has 116 valence electrons. The van der Waals surface area contributed by atoms with Gasteiger partial charge in [0.15, 0.2) is 5.82 Å². The predicted molar refractivity (Wildman–Crippen MR) is 82.8 cm³/mol. The quantitative estimate of drug-likeness (QED) is 0.908. The number of aryl methyl sites for hydroxylation is 1. The van der Waals surface area contributed by atoms with Gasteiger partial charge >= 0.3 is 0 Å². The molecule has 0 spiro atoms. The van der Waals surface area contributed by atoms with Crippen molar-refractivity contribution in [3.05, 3.63) is 45.7 Å². The summed E-state index contributed by atoms with van der Waals surface area (Å²) in [5, 5.41) is 11.1. The fourth-order valence-electron chi connectivity index (χ4n) is 2.60. The van der Waals surface area contributed by atoms with E-state index in [1.54, 1.807) is 0 Å². The van der Waals surface area contributed by atoms with Crippen LogP contribution in [0.25, 0.3) is 0 Å². The molecule has 0 aliphatic carbocycles. The van der Waals surface area contributed by atoms with E-state index in [2.05, 4.69) is 36.0 Å². The third kappa shape index (κ3) is 3.19.